The van der Waals surface area contributed by atoms with Crippen LogP contribution in [0.2, 0.25) is 0 Å². The van der Waals surface area contributed by atoms with Crippen molar-refractivity contribution < 1.29 is 15.0 Å². The summed E-state index contributed by atoms with van der Waals surface area (Å²) in [5, 5.41) is 22.7. The van der Waals surface area contributed by atoms with Gasteiger partial charge in [0.1, 0.15) is 11.3 Å². The minimum Gasteiger partial charge on any atom is -0.507 e. The molecule has 0 radical (unpaired) electrons. The molecule has 1 heterocycles. The predicted molar refractivity (Wildman–Crippen MR) is 96.7 cm³/mol. The molecule has 0 spiro atoms. The van der Waals surface area contributed by atoms with Crippen LogP contribution in [-0.4, -0.2) is 21.2 Å². The Hall–Kier alpha value is -2.60. The van der Waals surface area contributed by atoms with E-state index < -0.39 is 5.97 Å². The Morgan fingerprint density at radius 3 is 2.42 bits per heavy atom. The number of carboxylic acid groups (broad SMARTS) is 1. The van der Waals surface area contributed by atoms with Gasteiger partial charge in [-0.15, -0.1) is 0 Å². The number of fused-ring (bicyclic) bond motifs is 1. The standard InChI is InChI=1S/C18H18N2O3S/c1-18(2,3)10-4-6-11(7-5-10)19-17-20-13-9-14(21)12(16(22)23)8-15(13)24-17/h4-9,21H,1-3H3,(H,19,20)(H,22,23). The quantitative estimate of drug-likeness (QED) is 0.640. The average molecular weight is 342 g/mol. The van der Waals surface area contributed by atoms with Crippen LogP contribution in [0.3, 0.4) is 0 Å². The predicted octanol–water partition coefficient (Wildman–Crippen LogP) is 4.74. The number of aromatic hydroxyl groups is 1. The normalized spacial score (nSPS) is 11.6. The number of hydrogen-bond donors (Lipinski definition) is 3. The fourth-order valence-corrected chi connectivity index (χ4v) is 3.27. The molecule has 0 aliphatic heterocycles. The summed E-state index contributed by atoms with van der Waals surface area (Å²) in [6.07, 6.45) is 0. The maximum Gasteiger partial charge on any atom is 0.339 e. The number of rotatable bonds is 3. The zero-order valence-corrected chi connectivity index (χ0v) is 14.4. The number of phenols is 1. The molecular formula is C18H18N2O3S. The zero-order valence-electron chi connectivity index (χ0n) is 13.6. The van der Waals surface area contributed by atoms with Gasteiger partial charge in [-0.3, -0.25) is 0 Å². The van der Waals surface area contributed by atoms with Crippen LogP contribution in [0.25, 0.3) is 10.2 Å². The number of anilines is 2. The van der Waals surface area contributed by atoms with Crippen LogP contribution in [0.5, 0.6) is 5.75 Å². The van der Waals surface area contributed by atoms with E-state index in [1.54, 1.807) is 0 Å². The molecule has 0 bridgehead atoms. The van der Waals surface area contributed by atoms with E-state index in [0.717, 1.165) is 5.69 Å². The second-order valence-corrected chi connectivity index (χ2v) is 7.64. The molecule has 0 saturated heterocycles. The third kappa shape index (κ3) is 3.19. The number of benzene rings is 2. The molecule has 0 saturated carbocycles. The molecule has 0 aliphatic carbocycles. The van der Waals surface area contributed by atoms with Gasteiger partial charge in [-0.1, -0.05) is 44.2 Å². The van der Waals surface area contributed by atoms with Gasteiger partial charge in [-0.2, -0.15) is 0 Å². The molecule has 5 nitrogen and oxygen atoms in total. The highest BCUT2D eigenvalue weighted by Crippen LogP contribution is 2.33. The Labute approximate surface area is 143 Å². The Morgan fingerprint density at radius 1 is 1.17 bits per heavy atom. The van der Waals surface area contributed by atoms with Crippen molar-refractivity contribution in [3.63, 3.8) is 0 Å². The first-order chi connectivity index (χ1) is 11.2. The lowest BCUT2D eigenvalue weighted by Crippen LogP contribution is -2.10. The van der Waals surface area contributed by atoms with E-state index in [9.17, 15) is 9.90 Å². The summed E-state index contributed by atoms with van der Waals surface area (Å²) >= 11 is 1.35. The van der Waals surface area contributed by atoms with E-state index in [1.165, 1.54) is 29.0 Å². The Morgan fingerprint density at radius 2 is 1.83 bits per heavy atom. The molecule has 3 aromatic rings. The molecule has 0 aliphatic rings. The number of hydrogen-bond acceptors (Lipinski definition) is 5. The highest BCUT2D eigenvalue weighted by molar-refractivity contribution is 7.22. The zero-order chi connectivity index (χ0) is 17.5. The van der Waals surface area contributed by atoms with Gasteiger partial charge in [-0.25, -0.2) is 9.78 Å². The molecule has 0 fully saturated rings. The first-order valence-corrected chi connectivity index (χ1v) is 8.30. The summed E-state index contributed by atoms with van der Waals surface area (Å²) in [5.41, 5.74) is 2.70. The third-order valence-electron chi connectivity index (χ3n) is 3.74. The second-order valence-electron chi connectivity index (χ2n) is 6.61. The lowest BCUT2D eigenvalue weighted by atomic mass is 9.87. The fourth-order valence-electron chi connectivity index (χ4n) is 2.36. The minimum atomic E-state index is -1.16. The van der Waals surface area contributed by atoms with Gasteiger partial charge in [0.05, 0.1) is 10.2 Å². The molecule has 2 aromatic carbocycles. The van der Waals surface area contributed by atoms with Gasteiger partial charge in [-0.05, 0) is 29.2 Å². The van der Waals surface area contributed by atoms with Crippen molar-refractivity contribution >= 4 is 38.3 Å². The first kappa shape index (κ1) is 16.3. The van der Waals surface area contributed by atoms with Crippen LogP contribution in [-0.2, 0) is 5.41 Å². The van der Waals surface area contributed by atoms with Crippen LogP contribution >= 0.6 is 11.3 Å². The number of carboxylic acids is 1. The van der Waals surface area contributed by atoms with E-state index in [4.69, 9.17) is 5.11 Å². The Bertz CT molecular complexity index is 908. The molecule has 1 aromatic heterocycles. The molecule has 0 unspecified atom stereocenters. The number of nitrogens with zero attached hydrogens (tertiary/aromatic N) is 1. The summed E-state index contributed by atoms with van der Waals surface area (Å²) in [6.45, 7) is 6.49. The summed E-state index contributed by atoms with van der Waals surface area (Å²) in [7, 11) is 0. The molecule has 124 valence electrons. The molecule has 6 heteroatoms. The number of carbonyl (C=O) groups is 1. The van der Waals surface area contributed by atoms with Gasteiger partial charge < -0.3 is 15.5 Å². The number of aromatic carboxylic acids is 1. The fraction of sp³-hybridized carbons (Fsp3) is 0.222. The van der Waals surface area contributed by atoms with Crippen LogP contribution in [0.15, 0.2) is 36.4 Å². The van der Waals surface area contributed by atoms with Crippen molar-refractivity contribution in [2.24, 2.45) is 0 Å². The molecule has 3 N–H and O–H groups in total. The summed E-state index contributed by atoms with van der Waals surface area (Å²) in [6, 6.07) is 11.0. The summed E-state index contributed by atoms with van der Waals surface area (Å²) in [5.74, 6) is -1.43. The van der Waals surface area contributed by atoms with Gasteiger partial charge >= 0.3 is 5.97 Å². The van der Waals surface area contributed by atoms with Crippen LogP contribution in [0.1, 0.15) is 36.7 Å². The van der Waals surface area contributed by atoms with Crippen LogP contribution in [0, 0.1) is 0 Å². The van der Waals surface area contributed by atoms with Crippen LogP contribution < -0.4 is 5.32 Å². The molecular weight excluding hydrogens is 324 g/mol. The van der Waals surface area contributed by atoms with E-state index in [1.807, 2.05) is 12.1 Å². The lowest BCUT2D eigenvalue weighted by Gasteiger charge is -2.19. The van der Waals surface area contributed by atoms with Crippen molar-refractivity contribution in [3.05, 3.63) is 47.5 Å². The maximum absolute atomic E-state index is 11.1. The minimum absolute atomic E-state index is 0.0964. The number of aromatic nitrogens is 1. The highest BCUT2D eigenvalue weighted by atomic mass is 32.1. The van der Waals surface area contributed by atoms with E-state index >= 15 is 0 Å². The molecule has 3 rings (SSSR count). The first-order valence-electron chi connectivity index (χ1n) is 7.48. The van der Waals surface area contributed by atoms with Crippen molar-refractivity contribution in [1.82, 2.24) is 4.98 Å². The SMILES string of the molecule is CC(C)(C)c1ccc(Nc2nc3cc(O)c(C(=O)O)cc3s2)cc1. The van der Waals surface area contributed by atoms with Crippen molar-refractivity contribution in [2.45, 2.75) is 26.2 Å². The van der Waals surface area contributed by atoms with E-state index in [0.29, 0.717) is 15.3 Å². The maximum atomic E-state index is 11.1. The third-order valence-corrected chi connectivity index (χ3v) is 4.67. The van der Waals surface area contributed by atoms with E-state index in [-0.39, 0.29) is 16.7 Å². The van der Waals surface area contributed by atoms with Gasteiger partial charge in [0, 0.05) is 11.8 Å². The Kier molecular flexibility index (Phi) is 3.93. The number of thiazole rings is 1. The molecule has 24 heavy (non-hydrogen) atoms. The Balaban J connectivity index is 1.89. The summed E-state index contributed by atoms with van der Waals surface area (Å²) < 4.78 is 0.707. The van der Waals surface area contributed by atoms with Crippen molar-refractivity contribution in [2.75, 3.05) is 5.32 Å². The van der Waals surface area contributed by atoms with Crippen LogP contribution in [0.4, 0.5) is 10.8 Å². The highest BCUT2D eigenvalue weighted by Gasteiger charge is 2.15. The smallest absolute Gasteiger partial charge is 0.339 e. The van der Waals surface area contributed by atoms with Gasteiger partial charge in [0.15, 0.2) is 5.13 Å². The lowest BCUT2D eigenvalue weighted by molar-refractivity contribution is 0.0694. The second kappa shape index (κ2) is 5.79. The van der Waals surface area contributed by atoms with Crippen molar-refractivity contribution in [3.8, 4) is 5.75 Å². The van der Waals surface area contributed by atoms with E-state index in [2.05, 4.69) is 43.2 Å². The molecule has 0 amide bonds. The monoisotopic (exact) mass is 342 g/mol. The molecule has 0 atom stereocenters. The van der Waals surface area contributed by atoms with Crippen molar-refractivity contribution in [1.29, 1.82) is 0 Å². The van der Waals surface area contributed by atoms with Gasteiger partial charge in [0.2, 0.25) is 0 Å². The van der Waals surface area contributed by atoms with Gasteiger partial charge in [0.25, 0.3) is 0 Å². The largest absolute Gasteiger partial charge is 0.507 e. The summed E-state index contributed by atoms with van der Waals surface area (Å²) in [4.78, 5) is 15.5. The number of nitrogens with one attached hydrogen (secondary N) is 1. The topological polar surface area (TPSA) is 82.5 Å². The average Bonchev–Trinajstić information content (AvgIpc) is 2.86.